The van der Waals surface area contributed by atoms with E-state index in [1.54, 1.807) is 18.2 Å². The maximum atomic E-state index is 13.7. The SMILES string of the molecule is Nc1ccc(SCc2cccc(Cl)c2F)c(Br)c1. The van der Waals surface area contributed by atoms with Crippen LogP contribution in [0.5, 0.6) is 0 Å². The second-order valence-corrected chi connectivity index (χ2v) is 5.97. The molecule has 0 atom stereocenters. The molecule has 0 aromatic heterocycles. The van der Waals surface area contributed by atoms with Gasteiger partial charge in [0.05, 0.1) is 5.02 Å². The summed E-state index contributed by atoms with van der Waals surface area (Å²) in [6.07, 6.45) is 0. The number of halogens is 3. The van der Waals surface area contributed by atoms with Gasteiger partial charge in [0.1, 0.15) is 5.82 Å². The molecule has 0 aliphatic heterocycles. The van der Waals surface area contributed by atoms with Crippen LogP contribution in [0.1, 0.15) is 5.56 Å². The maximum Gasteiger partial charge on any atom is 0.145 e. The zero-order valence-electron chi connectivity index (χ0n) is 9.29. The summed E-state index contributed by atoms with van der Waals surface area (Å²) in [4.78, 5) is 1.02. The minimum Gasteiger partial charge on any atom is -0.399 e. The fraction of sp³-hybridized carbons (Fsp3) is 0.0769. The van der Waals surface area contributed by atoms with Crippen molar-refractivity contribution in [3.05, 3.63) is 57.3 Å². The highest BCUT2D eigenvalue weighted by Gasteiger charge is 2.08. The first-order valence-corrected chi connectivity index (χ1v) is 7.34. The van der Waals surface area contributed by atoms with E-state index in [0.29, 0.717) is 17.0 Å². The average Bonchev–Trinajstić information content (AvgIpc) is 2.33. The van der Waals surface area contributed by atoms with Crippen LogP contribution in [0.15, 0.2) is 45.8 Å². The summed E-state index contributed by atoms with van der Waals surface area (Å²) in [5, 5.41) is 0.157. The Morgan fingerprint density at radius 2 is 2.06 bits per heavy atom. The van der Waals surface area contributed by atoms with Gasteiger partial charge < -0.3 is 5.73 Å². The van der Waals surface area contributed by atoms with Crippen molar-refractivity contribution in [2.24, 2.45) is 0 Å². The third kappa shape index (κ3) is 3.19. The van der Waals surface area contributed by atoms with E-state index in [-0.39, 0.29) is 10.8 Å². The van der Waals surface area contributed by atoms with Gasteiger partial charge in [-0.2, -0.15) is 0 Å². The van der Waals surface area contributed by atoms with E-state index in [2.05, 4.69) is 15.9 Å². The molecule has 94 valence electrons. The summed E-state index contributed by atoms with van der Waals surface area (Å²) in [7, 11) is 0. The van der Waals surface area contributed by atoms with Gasteiger partial charge in [-0.25, -0.2) is 4.39 Å². The summed E-state index contributed by atoms with van der Waals surface area (Å²) < 4.78 is 14.6. The van der Waals surface area contributed by atoms with E-state index < -0.39 is 0 Å². The van der Waals surface area contributed by atoms with Crippen molar-refractivity contribution in [2.45, 2.75) is 10.6 Å². The molecule has 0 heterocycles. The average molecular weight is 347 g/mol. The van der Waals surface area contributed by atoms with Crippen molar-refractivity contribution in [2.75, 3.05) is 5.73 Å². The Balaban J connectivity index is 2.14. The normalized spacial score (nSPS) is 10.6. The van der Waals surface area contributed by atoms with E-state index >= 15 is 0 Å². The number of thioether (sulfide) groups is 1. The van der Waals surface area contributed by atoms with E-state index in [4.69, 9.17) is 17.3 Å². The topological polar surface area (TPSA) is 26.0 Å². The molecule has 0 unspecified atom stereocenters. The lowest BCUT2D eigenvalue weighted by molar-refractivity contribution is 0.618. The highest BCUT2D eigenvalue weighted by atomic mass is 79.9. The standard InChI is InChI=1S/C13H10BrClFNS/c14-10-6-9(17)4-5-12(10)18-7-8-2-1-3-11(15)13(8)16/h1-6H,7,17H2. The molecule has 0 aliphatic carbocycles. The molecule has 0 saturated heterocycles. The van der Waals surface area contributed by atoms with Crippen LogP contribution in [-0.2, 0) is 5.75 Å². The van der Waals surface area contributed by atoms with Gasteiger partial charge in [-0.3, -0.25) is 0 Å². The predicted molar refractivity (Wildman–Crippen MR) is 79.5 cm³/mol. The van der Waals surface area contributed by atoms with Gasteiger partial charge in [0.15, 0.2) is 0 Å². The van der Waals surface area contributed by atoms with Crippen molar-refractivity contribution in [1.82, 2.24) is 0 Å². The summed E-state index contributed by atoms with van der Waals surface area (Å²) >= 11 is 10.7. The van der Waals surface area contributed by atoms with Crippen molar-refractivity contribution in [1.29, 1.82) is 0 Å². The number of rotatable bonds is 3. The molecule has 2 aromatic rings. The first-order valence-electron chi connectivity index (χ1n) is 5.18. The molecule has 2 rings (SSSR count). The van der Waals surface area contributed by atoms with Crippen LogP contribution in [0.4, 0.5) is 10.1 Å². The van der Waals surface area contributed by atoms with Gasteiger partial charge in [-0.15, -0.1) is 11.8 Å². The van der Waals surface area contributed by atoms with Crippen molar-refractivity contribution >= 4 is 45.0 Å². The summed E-state index contributed by atoms with van der Waals surface area (Å²) in [5.74, 6) is 0.174. The van der Waals surface area contributed by atoms with Gasteiger partial charge >= 0.3 is 0 Å². The Bertz CT molecular complexity index is 577. The van der Waals surface area contributed by atoms with Crippen LogP contribution in [0.2, 0.25) is 5.02 Å². The molecule has 18 heavy (non-hydrogen) atoms. The molecule has 1 nitrogen and oxygen atoms in total. The number of benzene rings is 2. The second kappa shape index (κ2) is 5.95. The van der Waals surface area contributed by atoms with Crippen LogP contribution >= 0.6 is 39.3 Å². The van der Waals surface area contributed by atoms with Gasteiger partial charge in [0.2, 0.25) is 0 Å². The zero-order chi connectivity index (χ0) is 13.1. The van der Waals surface area contributed by atoms with Gasteiger partial charge in [-0.1, -0.05) is 23.7 Å². The number of nitrogens with two attached hydrogens (primary N) is 1. The van der Waals surface area contributed by atoms with Crippen LogP contribution in [0, 0.1) is 5.82 Å². The van der Waals surface area contributed by atoms with Crippen molar-refractivity contribution in [3.63, 3.8) is 0 Å². The third-order valence-electron chi connectivity index (χ3n) is 2.37. The molecule has 0 radical (unpaired) electrons. The van der Waals surface area contributed by atoms with Crippen LogP contribution in [0.25, 0.3) is 0 Å². The number of anilines is 1. The lowest BCUT2D eigenvalue weighted by atomic mass is 10.2. The van der Waals surface area contributed by atoms with E-state index in [1.807, 2.05) is 18.2 Å². The minimum absolute atomic E-state index is 0.157. The van der Waals surface area contributed by atoms with Crippen LogP contribution in [-0.4, -0.2) is 0 Å². The van der Waals surface area contributed by atoms with Gasteiger partial charge in [0, 0.05) is 20.8 Å². The zero-order valence-corrected chi connectivity index (χ0v) is 12.4. The summed E-state index contributed by atoms with van der Waals surface area (Å²) in [6.45, 7) is 0. The van der Waals surface area contributed by atoms with E-state index in [0.717, 1.165) is 9.37 Å². The Morgan fingerprint density at radius 3 is 2.78 bits per heavy atom. The minimum atomic E-state index is -0.349. The van der Waals surface area contributed by atoms with E-state index in [1.165, 1.54) is 11.8 Å². The number of hydrogen-bond acceptors (Lipinski definition) is 2. The largest absolute Gasteiger partial charge is 0.399 e. The quantitative estimate of drug-likeness (QED) is 0.617. The maximum absolute atomic E-state index is 13.7. The van der Waals surface area contributed by atoms with Gasteiger partial charge in [-0.05, 0) is 45.8 Å². The van der Waals surface area contributed by atoms with Crippen molar-refractivity contribution in [3.8, 4) is 0 Å². The van der Waals surface area contributed by atoms with Crippen LogP contribution < -0.4 is 5.73 Å². The van der Waals surface area contributed by atoms with Crippen LogP contribution in [0.3, 0.4) is 0 Å². The lowest BCUT2D eigenvalue weighted by Crippen LogP contribution is -1.89. The first kappa shape index (κ1) is 13.7. The Labute approximate surface area is 123 Å². The summed E-state index contributed by atoms with van der Waals surface area (Å²) in [6, 6.07) is 10.6. The fourth-order valence-electron chi connectivity index (χ4n) is 1.45. The molecule has 5 heteroatoms. The monoisotopic (exact) mass is 345 g/mol. The molecular formula is C13H10BrClFNS. The molecule has 0 bridgehead atoms. The lowest BCUT2D eigenvalue weighted by Gasteiger charge is -2.07. The molecule has 0 amide bonds. The molecule has 0 saturated carbocycles. The summed E-state index contributed by atoms with van der Waals surface area (Å²) in [5.41, 5.74) is 6.95. The Kier molecular flexibility index (Phi) is 4.54. The molecule has 2 N–H and O–H groups in total. The molecule has 0 fully saturated rings. The third-order valence-corrected chi connectivity index (χ3v) is 4.70. The molecular weight excluding hydrogens is 337 g/mol. The van der Waals surface area contributed by atoms with Gasteiger partial charge in [0.25, 0.3) is 0 Å². The highest BCUT2D eigenvalue weighted by Crippen LogP contribution is 2.32. The first-order chi connectivity index (χ1) is 8.58. The molecule has 0 aliphatic rings. The smallest absolute Gasteiger partial charge is 0.145 e. The number of nitrogen functional groups attached to an aromatic ring is 1. The number of hydrogen-bond donors (Lipinski definition) is 1. The molecule has 0 spiro atoms. The Hall–Kier alpha value is -0.710. The predicted octanol–water partition coefficient (Wildman–Crippen LogP) is 5.12. The Morgan fingerprint density at radius 1 is 1.28 bits per heavy atom. The fourth-order valence-corrected chi connectivity index (χ4v) is 3.28. The highest BCUT2D eigenvalue weighted by molar-refractivity contribution is 9.10. The molecule has 2 aromatic carbocycles. The second-order valence-electron chi connectivity index (χ2n) is 3.69. The van der Waals surface area contributed by atoms with Crippen molar-refractivity contribution < 1.29 is 4.39 Å². The van der Waals surface area contributed by atoms with E-state index in [9.17, 15) is 4.39 Å².